The number of carbonyl (C=O) groups is 9. The number of carboxylic acids is 1. The van der Waals surface area contributed by atoms with Crippen LogP contribution in [0.2, 0.25) is 0 Å². The second kappa shape index (κ2) is 87.1. The molecule has 15 atom stereocenters. The molecule has 0 aromatic carbocycles. The zero-order chi connectivity index (χ0) is 100. The zero-order valence-electron chi connectivity index (χ0n) is 74.1. The number of halogens is 13. The van der Waals surface area contributed by atoms with Crippen LogP contribution >= 0.6 is 11.6 Å². The molecule has 15 unspecified atom stereocenters. The fourth-order valence-corrected chi connectivity index (χ4v) is 8.64. The Bertz CT molecular complexity index is 3500. The minimum atomic E-state index is -5.84. The summed E-state index contributed by atoms with van der Waals surface area (Å²) in [5.74, 6) is -3.84. The van der Waals surface area contributed by atoms with Gasteiger partial charge in [-0.25, -0.2) is 0 Å². The summed E-state index contributed by atoms with van der Waals surface area (Å²) in [5.41, 5.74) is 18.2. The number of hydrogen-bond donors (Lipinski definition) is 10. The number of amides is 3. The Labute approximate surface area is 814 Å². The van der Waals surface area contributed by atoms with E-state index in [-0.39, 0.29) is 232 Å². The molecule has 3 amide bonds. The number of nitrogens with two attached hydrogens (primary N) is 1. The molecule has 1 radical (unpaired) electrons. The standard InChI is InChI=1S/C16H28N4O6.C16H30N2O6.C14H23NO6.C4H9ClO2.C4H5F3O.C4H9N3O2.C2H4O2.3CHF3O3S.CH4.CH3.N3.Na.H2O.Pd.Sc/c1-10-11(2)15(19-12(3)21)16(26-14(10)9-25-13(4)22)24-8-7-23-6-5-18-20-17;1-10-11(2)15(18-12(3)19)16(22-8-7-21-6-5-17)24-14(10)9-23-13(4)20;1-7-8(2)13(15-9(3)16)14(20-11(5)18)21-12(7)6-19-10(4)17;5-1-3-7-4-2-6;1-2-3(8)4(5,6)7;5-7-6-1-3-9-4-2-8;1-2(3)4;3*2-1(3,4)8(5,6)7;;;1-3-2;;;;/h10-11,14-16H,5-9H2,1-4H3,(H,19,21);10-11,14-16H,5-9,17H2,1-4H3,(H,18,19);7-8,12-14H,6H2,1-5H3,(H,15,16);6H,1-4H2;2H2,1H3;8H,1-4H2;1H3,(H,3,4);3*(H,5,6,7);1H4;1H3;;;1H2;;/q;;;;;;;;;;;2*-1;+1;;;. The van der Waals surface area contributed by atoms with Gasteiger partial charge in [0.25, 0.3) is 5.97 Å². The predicted octanol–water partition coefficient (Wildman–Crippen LogP) is 3.52. The third-order valence-corrected chi connectivity index (χ3v) is 16.7. The van der Waals surface area contributed by atoms with Crippen LogP contribution in [0.15, 0.2) is 10.2 Å². The van der Waals surface area contributed by atoms with Gasteiger partial charge in [0.1, 0.15) is 19.8 Å². The van der Waals surface area contributed by atoms with E-state index < -0.39 is 114 Å². The molecule has 3 aliphatic rings. The fraction of sp³-hybridized carbons (Fsp3) is 0.846. The van der Waals surface area contributed by atoms with Crippen LogP contribution in [0.5, 0.6) is 0 Å². The maximum Gasteiger partial charge on any atom is 1.00 e. The number of Topliss-reactive ketones (excluding diaryl/α,β-unsaturated/α-hetero) is 1. The Kier molecular flexibility index (Phi) is 104. The molecule has 3 rings (SSSR count). The van der Waals surface area contributed by atoms with Gasteiger partial charge in [-0.15, -0.1) is 11.6 Å². The average molecular weight is 2180 g/mol. The number of alkyl halides is 13. The number of carboxylic acid groups (broad SMARTS) is 1. The molecule has 0 aromatic heterocycles. The number of aliphatic hydroxyl groups is 2. The van der Waals surface area contributed by atoms with Crippen molar-refractivity contribution in [2.24, 2.45) is 51.5 Å². The third-order valence-electron chi connectivity index (χ3n) is 14.8. The quantitative estimate of drug-likeness (QED) is 0.00365. The Morgan fingerprint density at radius 1 is 0.470 bits per heavy atom. The molecule has 0 bridgehead atoms. The molecule has 48 nitrogen and oxygen atoms in total. The minimum Gasteiger partial charge on any atom is -0.481 e. The number of azide groups is 2. The smallest absolute Gasteiger partial charge is 0.481 e. The van der Waals surface area contributed by atoms with E-state index in [1.165, 1.54) is 60.3 Å². The number of rotatable bonds is 33. The summed E-state index contributed by atoms with van der Waals surface area (Å²) in [4.78, 5) is 104. The van der Waals surface area contributed by atoms with Gasteiger partial charge in [0.15, 0.2) is 12.6 Å². The van der Waals surface area contributed by atoms with Crippen LogP contribution in [0.4, 0.5) is 52.7 Å². The van der Waals surface area contributed by atoms with Crippen LogP contribution in [0.25, 0.3) is 36.9 Å². The normalized spacial score (nSPS) is 20.7. The van der Waals surface area contributed by atoms with E-state index in [9.17, 15) is 91.0 Å². The first-order valence-corrected chi connectivity index (χ1v) is 40.8. The van der Waals surface area contributed by atoms with Gasteiger partial charge < -0.3 is 123 Å². The van der Waals surface area contributed by atoms with E-state index in [2.05, 4.69) is 36.0 Å². The van der Waals surface area contributed by atoms with E-state index >= 15 is 0 Å². The van der Waals surface area contributed by atoms with Crippen LogP contribution in [0.3, 0.4) is 0 Å². The molecule has 13 N–H and O–H groups in total. The van der Waals surface area contributed by atoms with Crippen molar-refractivity contribution in [3.05, 3.63) is 44.3 Å². The summed E-state index contributed by atoms with van der Waals surface area (Å²) < 4.78 is 275. The van der Waals surface area contributed by atoms with Crippen molar-refractivity contribution in [3.63, 3.8) is 0 Å². The average Bonchev–Trinajstić information content (AvgIpc) is 0.808. The number of carbonyl (C=O) groups excluding carboxylic acids is 8. The first-order valence-electron chi connectivity index (χ1n) is 35.9. The number of aliphatic carboxylic acids is 1. The number of ketones is 1. The van der Waals surface area contributed by atoms with Crippen LogP contribution in [-0.4, -0.2) is 316 Å². The molecule has 0 saturated carbocycles. The number of esters is 4. The van der Waals surface area contributed by atoms with Gasteiger partial charge in [0, 0.05) is 143 Å². The van der Waals surface area contributed by atoms with Crippen molar-refractivity contribution < 1.29 is 293 Å². The number of nitrogens with one attached hydrogen (secondary N) is 3. The zero-order valence-corrected chi connectivity index (χ0v) is 82.6. The van der Waals surface area contributed by atoms with E-state index in [0.29, 0.717) is 78.4 Å². The van der Waals surface area contributed by atoms with Crippen molar-refractivity contribution in [1.29, 1.82) is 0 Å². The summed E-state index contributed by atoms with van der Waals surface area (Å²) in [6, 6.07) is -1.03. The number of ether oxygens (including phenoxy) is 13. The molecule has 0 aromatic rings. The molecule has 0 spiro atoms. The van der Waals surface area contributed by atoms with Gasteiger partial charge in [0.05, 0.1) is 116 Å². The van der Waals surface area contributed by atoms with E-state index in [0.717, 1.165) is 6.92 Å². The Morgan fingerprint density at radius 3 is 0.909 bits per heavy atom. The maximum atomic E-state index is 11.5. The maximum absolute atomic E-state index is 11.5. The summed E-state index contributed by atoms with van der Waals surface area (Å²) in [7, 11) is -17.5. The Hall–Kier alpha value is -5.45. The topological polar surface area (TPSA) is 747 Å². The summed E-state index contributed by atoms with van der Waals surface area (Å²) in [6.45, 7) is 28.9. The first-order chi connectivity index (χ1) is 57.6. The SMILES string of the molecule is C.CC(=O)NC1C(OC(C)=O)OC(COC(C)=O)C(C)C1C.CC(=O)NC1C(OCCOCCN)OC(COC(C)=O)C(C)C1C.CC(=O)NC1C(OCCOCCN=[N+]=[N-])OC(COC(C)=O)C(C)C1C.CC(=O)O.CCC(=O)C(F)(F)F.O.O=S(=O)(O)C(F)(F)F.O=S(=O)(O)C(F)(F)F.O=S(=O)(O)C(F)(F)F.OCCOCCCl.[CH3-].[N-]=[N+]=NCCOCCO.[N-]=[N+]=[N-].[Na+].[Pd].[Sc]. The molecule has 3 saturated heterocycles. The molecular weight excluding hydrogens is 2060 g/mol. The summed E-state index contributed by atoms with van der Waals surface area (Å²) >= 11 is 5.23. The molecular formula is C65H120ClF12N13NaO35PdS3Sc-. The minimum absolute atomic E-state index is 0. The monoisotopic (exact) mass is 2180 g/mol. The van der Waals surface area contributed by atoms with Crippen molar-refractivity contribution in [3.8, 4) is 0 Å². The van der Waals surface area contributed by atoms with E-state index in [1.807, 2.05) is 41.5 Å². The summed E-state index contributed by atoms with van der Waals surface area (Å²) in [6.07, 6.45) is -8.29. The summed E-state index contributed by atoms with van der Waals surface area (Å²) in [5, 5.41) is 38.8. The third kappa shape index (κ3) is 88.5. The molecule has 3 fully saturated rings. The largest absolute Gasteiger partial charge is 1.00 e. The number of nitrogens with zero attached hydrogens (tertiary/aromatic N) is 9. The molecule has 779 valence electrons. The van der Waals surface area contributed by atoms with Crippen molar-refractivity contribution in [2.45, 2.75) is 196 Å². The number of hydrogen-bond acceptors (Lipinski definition) is 33. The second-order valence-corrected chi connectivity index (χ2v) is 29.3. The fourth-order valence-electron chi connectivity index (χ4n) is 8.53. The molecule has 132 heavy (non-hydrogen) atoms. The van der Waals surface area contributed by atoms with Gasteiger partial charge in [-0.1, -0.05) is 66.1 Å². The van der Waals surface area contributed by atoms with Gasteiger partial charge in [0.2, 0.25) is 29.8 Å². The van der Waals surface area contributed by atoms with E-state index in [4.69, 9.17) is 160 Å². The second-order valence-electron chi connectivity index (χ2n) is 24.6. The van der Waals surface area contributed by atoms with Crippen LogP contribution in [-0.2, 0) is 181 Å². The van der Waals surface area contributed by atoms with Gasteiger partial charge in [-0.2, -0.15) is 77.9 Å². The van der Waals surface area contributed by atoms with Gasteiger partial charge in [-0.05, 0) is 46.6 Å². The van der Waals surface area contributed by atoms with Gasteiger partial charge >= 0.3 is 106 Å². The number of aliphatic hydroxyl groups excluding tert-OH is 2. The molecule has 3 aliphatic heterocycles. The first kappa shape index (κ1) is 157. The Balaban J connectivity index is -0.000000102. The molecule has 3 heterocycles. The van der Waals surface area contributed by atoms with Gasteiger partial charge in [-0.3, -0.25) is 61.7 Å². The van der Waals surface area contributed by atoms with E-state index in [1.54, 1.807) is 0 Å². The predicted molar refractivity (Wildman–Crippen MR) is 427 cm³/mol. The molecule has 67 heteroatoms. The van der Waals surface area contributed by atoms with Crippen molar-refractivity contribution in [2.75, 3.05) is 125 Å². The molecule has 0 aliphatic carbocycles. The Morgan fingerprint density at radius 2 is 0.712 bits per heavy atom. The van der Waals surface area contributed by atoms with Crippen LogP contribution < -0.4 is 51.2 Å². The van der Waals surface area contributed by atoms with Crippen LogP contribution in [0.1, 0.15) is 118 Å². The van der Waals surface area contributed by atoms with Crippen molar-refractivity contribution >= 4 is 95.3 Å². The van der Waals surface area contributed by atoms with Crippen LogP contribution in [0, 0.1) is 42.9 Å². The van der Waals surface area contributed by atoms with Crippen molar-refractivity contribution in [1.82, 2.24) is 16.0 Å².